The molecule has 1 rings (SSSR count). The Kier molecular flexibility index (Phi) is 8.72. The zero-order valence-electron chi connectivity index (χ0n) is 13.8. The van der Waals surface area contributed by atoms with Gasteiger partial charge in [-0.3, -0.25) is 4.90 Å². The Morgan fingerprint density at radius 2 is 1.84 bits per heavy atom. The van der Waals surface area contributed by atoms with E-state index in [1.54, 1.807) is 0 Å². The molecule has 0 aromatic rings. The van der Waals surface area contributed by atoms with Crippen molar-refractivity contribution in [3.05, 3.63) is 0 Å². The molecule has 2 nitrogen and oxygen atoms in total. The van der Waals surface area contributed by atoms with Crippen LogP contribution in [0.15, 0.2) is 0 Å². The fourth-order valence-corrected chi connectivity index (χ4v) is 3.37. The minimum absolute atomic E-state index is 0.695. The zero-order chi connectivity index (χ0) is 14.1. The van der Waals surface area contributed by atoms with Gasteiger partial charge in [0.2, 0.25) is 0 Å². The van der Waals surface area contributed by atoms with E-state index >= 15 is 0 Å². The Labute approximate surface area is 121 Å². The van der Waals surface area contributed by atoms with Gasteiger partial charge in [0.1, 0.15) is 0 Å². The number of likely N-dealkylation sites (tertiary alicyclic amines) is 1. The van der Waals surface area contributed by atoms with Crippen molar-refractivity contribution in [2.24, 2.45) is 5.92 Å². The molecule has 2 heteroatoms. The summed E-state index contributed by atoms with van der Waals surface area (Å²) in [5.41, 5.74) is 0. The summed E-state index contributed by atoms with van der Waals surface area (Å²) >= 11 is 0. The first-order chi connectivity index (χ1) is 9.21. The molecule has 114 valence electrons. The molecule has 0 aromatic carbocycles. The third kappa shape index (κ3) is 6.27. The summed E-state index contributed by atoms with van der Waals surface area (Å²) in [6.45, 7) is 13.1. The highest BCUT2D eigenvalue weighted by Gasteiger charge is 2.20. The molecule has 0 aromatic heterocycles. The maximum atomic E-state index is 3.73. The van der Waals surface area contributed by atoms with Crippen LogP contribution in [0.25, 0.3) is 0 Å². The Balaban J connectivity index is 2.30. The SMILES string of the molecule is CCCC1CCCN(C(C)CNC(CC)CC)CC1. The first-order valence-electron chi connectivity index (χ1n) is 8.68. The first kappa shape index (κ1) is 17.0. The van der Waals surface area contributed by atoms with Crippen molar-refractivity contribution in [1.29, 1.82) is 0 Å². The average Bonchev–Trinajstić information content (AvgIpc) is 2.66. The maximum absolute atomic E-state index is 3.73. The number of rotatable bonds is 8. The van der Waals surface area contributed by atoms with Crippen LogP contribution in [0.3, 0.4) is 0 Å². The smallest absolute Gasteiger partial charge is 0.0192 e. The van der Waals surface area contributed by atoms with E-state index in [4.69, 9.17) is 0 Å². The lowest BCUT2D eigenvalue weighted by molar-refractivity contribution is 0.203. The Morgan fingerprint density at radius 3 is 2.47 bits per heavy atom. The van der Waals surface area contributed by atoms with Crippen molar-refractivity contribution >= 4 is 0 Å². The van der Waals surface area contributed by atoms with Gasteiger partial charge in [0.15, 0.2) is 0 Å². The van der Waals surface area contributed by atoms with E-state index in [9.17, 15) is 0 Å². The third-order valence-corrected chi connectivity index (χ3v) is 4.89. The van der Waals surface area contributed by atoms with Crippen LogP contribution in [0.4, 0.5) is 0 Å². The molecule has 1 saturated heterocycles. The Morgan fingerprint density at radius 1 is 1.11 bits per heavy atom. The van der Waals surface area contributed by atoms with Gasteiger partial charge in [-0.2, -0.15) is 0 Å². The fourth-order valence-electron chi connectivity index (χ4n) is 3.37. The lowest BCUT2D eigenvalue weighted by atomic mass is 9.96. The highest BCUT2D eigenvalue weighted by molar-refractivity contribution is 4.77. The molecule has 0 spiro atoms. The van der Waals surface area contributed by atoms with Crippen molar-refractivity contribution in [2.45, 2.75) is 84.7 Å². The molecule has 1 aliphatic rings. The summed E-state index contributed by atoms with van der Waals surface area (Å²) in [5.74, 6) is 0.995. The lowest BCUT2D eigenvalue weighted by Crippen LogP contribution is -2.43. The summed E-state index contributed by atoms with van der Waals surface area (Å²) in [4.78, 5) is 2.71. The van der Waals surface area contributed by atoms with Crippen LogP contribution in [0.2, 0.25) is 0 Å². The van der Waals surface area contributed by atoms with E-state index in [2.05, 4.69) is 37.9 Å². The van der Waals surface area contributed by atoms with Crippen LogP contribution in [0, 0.1) is 5.92 Å². The van der Waals surface area contributed by atoms with Gasteiger partial charge in [-0.1, -0.05) is 33.6 Å². The van der Waals surface area contributed by atoms with Gasteiger partial charge < -0.3 is 5.32 Å². The van der Waals surface area contributed by atoms with E-state index in [0.717, 1.165) is 12.5 Å². The predicted octanol–water partition coefficient (Wildman–Crippen LogP) is 4.06. The van der Waals surface area contributed by atoms with Crippen molar-refractivity contribution in [1.82, 2.24) is 10.2 Å². The van der Waals surface area contributed by atoms with Crippen molar-refractivity contribution < 1.29 is 0 Å². The molecule has 0 radical (unpaired) electrons. The van der Waals surface area contributed by atoms with Crippen molar-refractivity contribution in [3.8, 4) is 0 Å². The molecular formula is C17H36N2. The standard InChI is InChI=1S/C17H36N2/c1-5-9-16-10-8-12-19(13-11-16)15(4)14-18-17(6-2)7-3/h15-18H,5-14H2,1-4H3. The quantitative estimate of drug-likeness (QED) is 0.714. The van der Waals surface area contributed by atoms with Crippen LogP contribution in [0.5, 0.6) is 0 Å². The molecule has 0 bridgehead atoms. The molecule has 2 unspecified atom stereocenters. The van der Waals surface area contributed by atoms with Crippen LogP contribution in [-0.4, -0.2) is 36.6 Å². The number of nitrogens with zero attached hydrogens (tertiary/aromatic N) is 1. The number of nitrogens with one attached hydrogen (secondary N) is 1. The van der Waals surface area contributed by atoms with E-state index < -0.39 is 0 Å². The second-order valence-corrected chi connectivity index (χ2v) is 6.39. The Hall–Kier alpha value is -0.0800. The predicted molar refractivity (Wildman–Crippen MR) is 85.7 cm³/mol. The lowest BCUT2D eigenvalue weighted by Gasteiger charge is -2.29. The second-order valence-electron chi connectivity index (χ2n) is 6.39. The number of hydrogen-bond donors (Lipinski definition) is 1. The molecular weight excluding hydrogens is 232 g/mol. The maximum Gasteiger partial charge on any atom is 0.0192 e. The molecule has 19 heavy (non-hydrogen) atoms. The second kappa shape index (κ2) is 9.77. The van der Waals surface area contributed by atoms with Crippen molar-refractivity contribution in [3.63, 3.8) is 0 Å². The van der Waals surface area contributed by atoms with Gasteiger partial charge in [0.05, 0.1) is 0 Å². The minimum atomic E-state index is 0.695. The largest absolute Gasteiger partial charge is 0.312 e. The first-order valence-corrected chi connectivity index (χ1v) is 8.68. The Bertz CT molecular complexity index is 213. The van der Waals surface area contributed by atoms with E-state index in [0.29, 0.717) is 12.1 Å². The molecule has 1 N–H and O–H groups in total. The molecule has 0 saturated carbocycles. The highest BCUT2D eigenvalue weighted by Crippen LogP contribution is 2.22. The molecule has 1 aliphatic heterocycles. The monoisotopic (exact) mass is 268 g/mol. The van der Waals surface area contributed by atoms with Gasteiger partial charge in [-0.15, -0.1) is 0 Å². The molecule has 0 aliphatic carbocycles. The van der Waals surface area contributed by atoms with Crippen LogP contribution in [-0.2, 0) is 0 Å². The fraction of sp³-hybridized carbons (Fsp3) is 1.00. The van der Waals surface area contributed by atoms with Gasteiger partial charge in [-0.05, 0) is 58.0 Å². The molecule has 1 heterocycles. The average molecular weight is 268 g/mol. The topological polar surface area (TPSA) is 15.3 Å². The summed E-state index contributed by atoms with van der Waals surface area (Å²) in [6.07, 6.45) is 9.58. The van der Waals surface area contributed by atoms with Gasteiger partial charge in [0, 0.05) is 18.6 Å². The van der Waals surface area contributed by atoms with E-state index in [1.165, 1.54) is 58.0 Å². The van der Waals surface area contributed by atoms with E-state index in [-0.39, 0.29) is 0 Å². The van der Waals surface area contributed by atoms with Gasteiger partial charge in [0.25, 0.3) is 0 Å². The highest BCUT2D eigenvalue weighted by atomic mass is 15.2. The van der Waals surface area contributed by atoms with Crippen LogP contribution >= 0.6 is 0 Å². The third-order valence-electron chi connectivity index (χ3n) is 4.89. The van der Waals surface area contributed by atoms with Gasteiger partial charge >= 0.3 is 0 Å². The number of hydrogen-bond acceptors (Lipinski definition) is 2. The molecule has 0 amide bonds. The van der Waals surface area contributed by atoms with Crippen LogP contribution in [0.1, 0.15) is 72.6 Å². The van der Waals surface area contributed by atoms with Gasteiger partial charge in [-0.25, -0.2) is 0 Å². The van der Waals surface area contributed by atoms with Crippen molar-refractivity contribution in [2.75, 3.05) is 19.6 Å². The van der Waals surface area contributed by atoms with Crippen LogP contribution < -0.4 is 5.32 Å². The summed E-state index contributed by atoms with van der Waals surface area (Å²) < 4.78 is 0. The summed E-state index contributed by atoms with van der Waals surface area (Å²) in [6, 6.07) is 1.41. The minimum Gasteiger partial charge on any atom is -0.312 e. The molecule has 1 fully saturated rings. The summed E-state index contributed by atoms with van der Waals surface area (Å²) in [7, 11) is 0. The normalized spacial score (nSPS) is 23.5. The zero-order valence-corrected chi connectivity index (χ0v) is 13.8. The summed E-state index contributed by atoms with van der Waals surface area (Å²) in [5, 5.41) is 3.73. The van der Waals surface area contributed by atoms with E-state index in [1.807, 2.05) is 0 Å². The molecule has 2 atom stereocenters.